The predicted molar refractivity (Wildman–Crippen MR) is 145 cm³/mol. The quantitative estimate of drug-likeness (QED) is 0.296. The Labute approximate surface area is 217 Å². The normalized spacial score (nSPS) is 16.2. The summed E-state index contributed by atoms with van der Waals surface area (Å²) in [7, 11) is 1.49. The first-order valence-electron chi connectivity index (χ1n) is 12.4. The summed E-state index contributed by atoms with van der Waals surface area (Å²) in [5.41, 5.74) is 10.3. The van der Waals surface area contributed by atoms with Crippen molar-refractivity contribution in [2.75, 3.05) is 18.2 Å². The number of para-hydroxylation sites is 2. The van der Waals surface area contributed by atoms with E-state index in [2.05, 4.69) is 41.9 Å². The van der Waals surface area contributed by atoms with Crippen molar-refractivity contribution in [3.05, 3.63) is 89.0 Å². The largest absolute Gasteiger partial charge is 0.496 e. The highest BCUT2D eigenvalue weighted by molar-refractivity contribution is 6.07. The van der Waals surface area contributed by atoms with E-state index in [9.17, 15) is 9.59 Å². The molecule has 0 radical (unpaired) electrons. The number of hydrogen-bond donors (Lipinski definition) is 4. The van der Waals surface area contributed by atoms with Gasteiger partial charge in [-0.15, -0.1) is 0 Å². The molecular weight excluding hydrogens is 468 g/mol. The van der Waals surface area contributed by atoms with Gasteiger partial charge in [0, 0.05) is 24.5 Å². The SMILES string of the molecule is COc1cc(CNC(=O)OCc2ccc([C@H]3C[C@@H]3NC(C)C)cc2)ccc1C(=O)Nc1ccccc1N. The van der Waals surface area contributed by atoms with Crippen molar-refractivity contribution >= 4 is 23.4 Å². The van der Waals surface area contributed by atoms with Crippen LogP contribution in [0.1, 0.15) is 53.2 Å². The van der Waals surface area contributed by atoms with Crippen molar-refractivity contribution in [1.29, 1.82) is 0 Å². The van der Waals surface area contributed by atoms with Crippen LogP contribution in [-0.4, -0.2) is 31.2 Å². The fraction of sp³-hybridized carbons (Fsp3) is 0.310. The number of nitrogens with two attached hydrogens (primary N) is 1. The molecule has 37 heavy (non-hydrogen) atoms. The van der Waals surface area contributed by atoms with Crippen molar-refractivity contribution in [3.8, 4) is 5.75 Å². The van der Waals surface area contributed by atoms with E-state index in [1.54, 1.807) is 42.5 Å². The van der Waals surface area contributed by atoms with Crippen LogP contribution in [-0.2, 0) is 17.9 Å². The number of alkyl carbamates (subject to hydrolysis) is 1. The number of ether oxygens (including phenoxy) is 2. The maximum Gasteiger partial charge on any atom is 0.407 e. The Kier molecular flexibility index (Phi) is 8.30. The molecule has 0 aromatic heterocycles. The van der Waals surface area contributed by atoms with Crippen LogP contribution >= 0.6 is 0 Å². The molecule has 4 rings (SSSR count). The van der Waals surface area contributed by atoms with Crippen LogP contribution in [0.15, 0.2) is 66.7 Å². The van der Waals surface area contributed by atoms with Crippen LogP contribution < -0.4 is 26.4 Å². The number of anilines is 2. The zero-order valence-electron chi connectivity index (χ0n) is 21.4. The van der Waals surface area contributed by atoms with Crippen LogP contribution in [0.3, 0.4) is 0 Å². The minimum Gasteiger partial charge on any atom is -0.496 e. The first-order chi connectivity index (χ1) is 17.8. The molecule has 0 bridgehead atoms. The molecule has 0 saturated heterocycles. The van der Waals surface area contributed by atoms with Gasteiger partial charge in [-0.05, 0) is 47.4 Å². The number of benzene rings is 3. The lowest BCUT2D eigenvalue weighted by molar-refractivity contribution is 0.102. The smallest absolute Gasteiger partial charge is 0.407 e. The van der Waals surface area contributed by atoms with E-state index in [1.165, 1.54) is 12.7 Å². The second kappa shape index (κ2) is 11.8. The molecule has 0 unspecified atom stereocenters. The van der Waals surface area contributed by atoms with Crippen LogP contribution in [0, 0.1) is 0 Å². The predicted octanol–water partition coefficient (Wildman–Crippen LogP) is 4.81. The highest BCUT2D eigenvalue weighted by atomic mass is 16.5. The zero-order chi connectivity index (χ0) is 26.4. The summed E-state index contributed by atoms with van der Waals surface area (Å²) in [5, 5.41) is 9.09. The summed E-state index contributed by atoms with van der Waals surface area (Å²) in [5.74, 6) is 0.612. The van der Waals surface area contributed by atoms with E-state index in [4.69, 9.17) is 15.2 Å². The number of nitrogen functional groups attached to an aromatic ring is 1. The number of rotatable bonds is 10. The minimum absolute atomic E-state index is 0.190. The molecule has 2 amide bonds. The van der Waals surface area contributed by atoms with E-state index >= 15 is 0 Å². The Bertz CT molecular complexity index is 1240. The molecule has 0 spiro atoms. The molecule has 0 heterocycles. The fourth-order valence-electron chi connectivity index (χ4n) is 4.24. The number of hydrogen-bond acceptors (Lipinski definition) is 6. The van der Waals surface area contributed by atoms with Crippen molar-refractivity contribution < 1.29 is 19.1 Å². The molecule has 3 aromatic rings. The van der Waals surface area contributed by atoms with Gasteiger partial charge in [0.15, 0.2) is 0 Å². The van der Waals surface area contributed by atoms with E-state index in [0.29, 0.717) is 40.7 Å². The second-order valence-electron chi connectivity index (χ2n) is 9.52. The van der Waals surface area contributed by atoms with E-state index < -0.39 is 6.09 Å². The number of carbonyl (C=O) groups excluding carboxylic acids is 2. The first kappa shape index (κ1) is 26.0. The van der Waals surface area contributed by atoms with Gasteiger partial charge in [0.2, 0.25) is 0 Å². The van der Waals surface area contributed by atoms with E-state index in [0.717, 1.165) is 17.5 Å². The molecule has 1 aliphatic carbocycles. The molecule has 1 aliphatic rings. The molecule has 8 nitrogen and oxygen atoms in total. The lowest BCUT2D eigenvalue weighted by atomic mass is 10.1. The highest BCUT2D eigenvalue weighted by Gasteiger charge is 2.38. The summed E-state index contributed by atoms with van der Waals surface area (Å²) in [6, 6.07) is 21.4. The lowest BCUT2D eigenvalue weighted by Crippen LogP contribution is -2.25. The summed E-state index contributed by atoms with van der Waals surface area (Å²) in [4.78, 5) is 25.0. The maximum absolute atomic E-state index is 12.7. The minimum atomic E-state index is -0.521. The van der Waals surface area contributed by atoms with Gasteiger partial charge in [-0.1, -0.05) is 56.3 Å². The summed E-state index contributed by atoms with van der Waals surface area (Å²) in [6.07, 6.45) is 0.641. The molecule has 194 valence electrons. The average Bonchev–Trinajstić information content (AvgIpc) is 3.65. The Balaban J connectivity index is 1.25. The monoisotopic (exact) mass is 502 g/mol. The molecule has 1 saturated carbocycles. The number of amides is 2. The molecule has 5 N–H and O–H groups in total. The Hall–Kier alpha value is -4.04. The fourth-order valence-corrected chi connectivity index (χ4v) is 4.24. The molecule has 8 heteroatoms. The third kappa shape index (κ3) is 7.01. The Morgan fingerprint density at radius 1 is 1.03 bits per heavy atom. The van der Waals surface area contributed by atoms with Crippen LogP contribution in [0.5, 0.6) is 5.75 Å². The average molecular weight is 503 g/mol. The Morgan fingerprint density at radius 2 is 1.76 bits per heavy atom. The van der Waals surface area contributed by atoms with Crippen LogP contribution in [0.25, 0.3) is 0 Å². The number of carbonyl (C=O) groups is 2. The van der Waals surface area contributed by atoms with Gasteiger partial charge in [-0.25, -0.2) is 4.79 Å². The maximum atomic E-state index is 12.7. The summed E-state index contributed by atoms with van der Waals surface area (Å²) in [6.45, 7) is 4.74. The standard InChI is InChI=1S/C29H34N4O4/c1-18(2)32-26-15-23(26)21-11-8-19(9-12-21)17-37-29(35)31-16-20-10-13-22(27(14-20)36-3)28(34)33-25-7-5-4-6-24(25)30/h4-14,18,23,26,32H,15-17,30H2,1-3H3,(H,31,35)(H,33,34)/t23-,26+/m1/s1. The highest BCUT2D eigenvalue weighted by Crippen LogP contribution is 2.41. The topological polar surface area (TPSA) is 115 Å². The van der Waals surface area contributed by atoms with Crippen molar-refractivity contribution in [2.45, 2.75) is 51.4 Å². The van der Waals surface area contributed by atoms with Gasteiger partial charge in [0.25, 0.3) is 5.91 Å². The van der Waals surface area contributed by atoms with Crippen LogP contribution in [0.4, 0.5) is 16.2 Å². The summed E-state index contributed by atoms with van der Waals surface area (Å²) >= 11 is 0. The first-order valence-corrected chi connectivity index (χ1v) is 12.4. The lowest BCUT2D eigenvalue weighted by Gasteiger charge is -2.13. The Morgan fingerprint density at radius 3 is 2.46 bits per heavy atom. The van der Waals surface area contributed by atoms with Gasteiger partial charge < -0.3 is 31.2 Å². The third-order valence-corrected chi connectivity index (χ3v) is 6.27. The van der Waals surface area contributed by atoms with Crippen LogP contribution in [0.2, 0.25) is 0 Å². The third-order valence-electron chi connectivity index (χ3n) is 6.27. The molecule has 0 aliphatic heterocycles. The van der Waals surface area contributed by atoms with Gasteiger partial charge in [0.05, 0.1) is 24.0 Å². The number of methoxy groups -OCH3 is 1. The summed E-state index contributed by atoms with van der Waals surface area (Å²) < 4.78 is 10.8. The molecular formula is C29H34N4O4. The van der Waals surface area contributed by atoms with Gasteiger partial charge in [-0.2, -0.15) is 0 Å². The zero-order valence-corrected chi connectivity index (χ0v) is 21.4. The molecule has 2 atom stereocenters. The molecule has 3 aromatic carbocycles. The van der Waals surface area contributed by atoms with E-state index in [-0.39, 0.29) is 19.1 Å². The van der Waals surface area contributed by atoms with Gasteiger partial charge >= 0.3 is 6.09 Å². The van der Waals surface area contributed by atoms with Crippen molar-refractivity contribution in [1.82, 2.24) is 10.6 Å². The van der Waals surface area contributed by atoms with Gasteiger partial charge in [0.1, 0.15) is 12.4 Å². The van der Waals surface area contributed by atoms with Crippen molar-refractivity contribution in [2.24, 2.45) is 0 Å². The van der Waals surface area contributed by atoms with E-state index in [1.807, 2.05) is 12.1 Å². The second-order valence-corrected chi connectivity index (χ2v) is 9.52. The number of nitrogens with one attached hydrogen (secondary N) is 3. The van der Waals surface area contributed by atoms with Gasteiger partial charge in [-0.3, -0.25) is 4.79 Å². The molecule has 1 fully saturated rings. The van der Waals surface area contributed by atoms with Crippen molar-refractivity contribution in [3.63, 3.8) is 0 Å².